The fraction of sp³-hybridized carbons (Fsp3) is 0.786. The van der Waals surface area contributed by atoms with Crippen molar-refractivity contribution in [1.29, 1.82) is 0 Å². The van der Waals surface area contributed by atoms with E-state index in [2.05, 4.69) is 5.32 Å². The van der Waals surface area contributed by atoms with Gasteiger partial charge in [0.1, 0.15) is 5.60 Å². The Kier molecular flexibility index (Phi) is 6.68. The number of amides is 1. The number of Topliss-reactive ketones (excluding diaryl/α,β-unsaturated/α-hetero) is 1. The maximum Gasteiger partial charge on any atom is 0.407 e. The minimum atomic E-state index is -1.13. The fourth-order valence-corrected chi connectivity index (χ4v) is 1.47. The molecule has 0 aromatic carbocycles. The molecule has 6 nitrogen and oxygen atoms in total. The number of nitrogens with one attached hydrogen (secondary N) is 1. The van der Waals surface area contributed by atoms with E-state index in [1.165, 1.54) is 6.92 Å². The molecule has 0 rings (SSSR count). The molecule has 116 valence electrons. The normalized spacial score (nSPS) is 11.7. The minimum Gasteiger partial charge on any atom is -0.452 e. The summed E-state index contributed by atoms with van der Waals surface area (Å²) in [6, 6.07) is 0. The number of carbonyl (C=O) groups excluding carboxylic acids is 3. The molecular formula is C14H25NO5. The Morgan fingerprint density at radius 2 is 1.55 bits per heavy atom. The van der Waals surface area contributed by atoms with Gasteiger partial charge in [-0.3, -0.25) is 9.59 Å². The summed E-state index contributed by atoms with van der Waals surface area (Å²) in [6.07, 6.45) is 0.169. The molecule has 6 heteroatoms. The number of hydrogen-bond acceptors (Lipinski definition) is 5. The van der Waals surface area contributed by atoms with E-state index in [4.69, 9.17) is 9.47 Å². The molecule has 0 aromatic rings. The zero-order chi connectivity index (χ0) is 16.0. The molecule has 0 aliphatic heterocycles. The van der Waals surface area contributed by atoms with Crippen molar-refractivity contribution in [3.63, 3.8) is 0 Å². The predicted molar refractivity (Wildman–Crippen MR) is 74.3 cm³/mol. The van der Waals surface area contributed by atoms with Crippen molar-refractivity contribution in [1.82, 2.24) is 5.32 Å². The Morgan fingerprint density at radius 3 is 2.00 bits per heavy atom. The summed E-state index contributed by atoms with van der Waals surface area (Å²) in [5, 5.41) is 2.57. The quantitative estimate of drug-likeness (QED) is 0.598. The third-order valence-electron chi connectivity index (χ3n) is 2.32. The maximum atomic E-state index is 11.9. The van der Waals surface area contributed by atoms with Crippen molar-refractivity contribution in [2.45, 2.75) is 65.6 Å². The number of carbonyl (C=O) groups is 3. The molecule has 20 heavy (non-hydrogen) atoms. The van der Waals surface area contributed by atoms with Gasteiger partial charge in [0.25, 0.3) is 0 Å². The largest absolute Gasteiger partial charge is 0.452 e. The highest BCUT2D eigenvalue weighted by atomic mass is 16.6. The third-order valence-corrected chi connectivity index (χ3v) is 2.32. The zero-order valence-corrected chi connectivity index (χ0v) is 13.2. The highest BCUT2D eigenvalue weighted by molar-refractivity contribution is 5.88. The van der Waals surface area contributed by atoms with E-state index in [1.807, 2.05) is 0 Å². The molecule has 1 N–H and O–H groups in total. The Labute approximate surface area is 120 Å². The molecule has 0 bridgehead atoms. The van der Waals surface area contributed by atoms with Gasteiger partial charge in [0.05, 0.1) is 0 Å². The SMILES string of the molecule is CC(=O)OC(C)(C)C(=O)CCCNC(=O)OC(C)(C)C. The molecule has 0 spiro atoms. The average molecular weight is 287 g/mol. The van der Waals surface area contributed by atoms with Gasteiger partial charge in [-0.25, -0.2) is 4.79 Å². The van der Waals surface area contributed by atoms with Crippen LogP contribution in [0.15, 0.2) is 0 Å². The van der Waals surface area contributed by atoms with Crippen LogP contribution in [0, 0.1) is 0 Å². The molecule has 0 aliphatic rings. The Morgan fingerprint density at radius 1 is 1.00 bits per heavy atom. The lowest BCUT2D eigenvalue weighted by molar-refractivity contribution is -0.161. The summed E-state index contributed by atoms with van der Waals surface area (Å²) in [7, 11) is 0. The van der Waals surface area contributed by atoms with Crippen LogP contribution in [0.2, 0.25) is 0 Å². The molecule has 0 saturated carbocycles. The van der Waals surface area contributed by atoms with E-state index in [0.717, 1.165) is 0 Å². The Hall–Kier alpha value is -1.59. The molecule has 1 amide bonds. The second-order valence-corrected chi connectivity index (χ2v) is 6.06. The summed E-state index contributed by atoms with van der Waals surface area (Å²) in [4.78, 5) is 34.1. The van der Waals surface area contributed by atoms with Crippen molar-refractivity contribution in [3.8, 4) is 0 Å². The van der Waals surface area contributed by atoms with Crippen LogP contribution in [0.3, 0.4) is 0 Å². The van der Waals surface area contributed by atoms with Gasteiger partial charge in [-0.15, -0.1) is 0 Å². The lowest BCUT2D eigenvalue weighted by Crippen LogP contribution is -2.37. The lowest BCUT2D eigenvalue weighted by Gasteiger charge is -2.23. The van der Waals surface area contributed by atoms with Crippen LogP contribution < -0.4 is 5.32 Å². The number of ether oxygens (including phenoxy) is 2. The van der Waals surface area contributed by atoms with Gasteiger partial charge < -0.3 is 14.8 Å². The third kappa shape index (κ3) is 8.50. The Balaban J connectivity index is 3.99. The average Bonchev–Trinajstić information content (AvgIpc) is 2.19. The van der Waals surface area contributed by atoms with E-state index >= 15 is 0 Å². The van der Waals surface area contributed by atoms with Gasteiger partial charge in [-0.05, 0) is 41.0 Å². The van der Waals surface area contributed by atoms with Crippen LogP contribution in [0.25, 0.3) is 0 Å². The number of ketones is 1. The van der Waals surface area contributed by atoms with Gasteiger partial charge in [0, 0.05) is 19.9 Å². The summed E-state index contributed by atoms with van der Waals surface area (Å²) < 4.78 is 10.0. The van der Waals surface area contributed by atoms with Crippen molar-refractivity contribution in [2.24, 2.45) is 0 Å². The smallest absolute Gasteiger partial charge is 0.407 e. The van der Waals surface area contributed by atoms with Gasteiger partial charge in [-0.1, -0.05) is 0 Å². The van der Waals surface area contributed by atoms with Crippen LogP contribution in [0.1, 0.15) is 54.4 Å². The molecule has 0 aromatic heterocycles. The molecule has 0 saturated heterocycles. The lowest BCUT2D eigenvalue weighted by atomic mass is 9.99. The first-order valence-electron chi connectivity index (χ1n) is 6.64. The number of hydrogen-bond donors (Lipinski definition) is 1. The van der Waals surface area contributed by atoms with E-state index in [0.29, 0.717) is 13.0 Å². The van der Waals surface area contributed by atoms with Crippen LogP contribution in [-0.2, 0) is 19.1 Å². The van der Waals surface area contributed by atoms with Crippen LogP contribution in [0.4, 0.5) is 4.79 Å². The number of esters is 1. The second-order valence-electron chi connectivity index (χ2n) is 6.06. The first-order chi connectivity index (χ1) is 8.94. The molecule has 0 heterocycles. The summed E-state index contributed by atoms with van der Waals surface area (Å²) in [6.45, 7) is 10.0. The molecular weight excluding hydrogens is 262 g/mol. The monoisotopic (exact) mass is 287 g/mol. The molecule has 0 atom stereocenters. The zero-order valence-electron chi connectivity index (χ0n) is 13.2. The van der Waals surface area contributed by atoms with Gasteiger partial charge in [0.15, 0.2) is 11.4 Å². The van der Waals surface area contributed by atoms with Gasteiger partial charge >= 0.3 is 12.1 Å². The predicted octanol–water partition coefficient (Wildman–Crippen LogP) is 2.20. The van der Waals surface area contributed by atoms with Crippen LogP contribution >= 0.6 is 0 Å². The first kappa shape index (κ1) is 18.4. The van der Waals surface area contributed by atoms with Crippen molar-refractivity contribution in [3.05, 3.63) is 0 Å². The molecule has 0 radical (unpaired) electrons. The Bertz CT molecular complexity index is 368. The van der Waals surface area contributed by atoms with Crippen molar-refractivity contribution >= 4 is 17.8 Å². The topological polar surface area (TPSA) is 81.7 Å². The van der Waals surface area contributed by atoms with E-state index in [1.54, 1.807) is 34.6 Å². The summed E-state index contributed by atoms with van der Waals surface area (Å²) in [5.74, 6) is -0.672. The fourth-order valence-electron chi connectivity index (χ4n) is 1.47. The van der Waals surface area contributed by atoms with Crippen molar-refractivity contribution in [2.75, 3.05) is 6.54 Å². The number of alkyl carbamates (subject to hydrolysis) is 1. The van der Waals surface area contributed by atoms with E-state index < -0.39 is 23.3 Å². The second kappa shape index (κ2) is 7.26. The van der Waals surface area contributed by atoms with Crippen molar-refractivity contribution < 1.29 is 23.9 Å². The van der Waals surface area contributed by atoms with Crippen LogP contribution in [0.5, 0.6) is 0 Å². The maximum absolute atomic E-state index is 11.9. The molecule has 0 unspecified atom stereocenters. The molecule has 0 aliphatic carbocycles. The van der Waals surface area contributed by atoms with Gasteiger partial charge in [-0.2, -0.15) is 0 Å². The van der Waals surface area contributed by atoms with Gasteiger partial charge in [0.2, 0.25) is 0 Å². The molecule has 0 fully saturated rings. The minimum absolute atomic E-state index is 0.182. The number of rotatable bonds is 6. The van der Waals surface area contributed by atoms with Crippen LogP contribution in [-0.4, -0.2) is 35.6 Å². The highest BCUT2D eigenvalue weighted by Crippen LogP contribution is 2.14. The summed E-state index contributed by atoms with van der Waals surface area (Å²) in [5.41, 5.74) is -1.67. The van der Waals surface area contributed by atoms with E-state index in [9.17, 15) is 14.4 Å². The highest BCUT2D eigenvalue weighted by Gasteiger charge is 2.29. The standard InChI is InChI=1S/C14H25NO5/c1-10(16)19-14(5,6)11(17)8-7-9-15-12(18)20-13(2,3)4/h7-9H2,1-6H3,(H,15,18). The first-order valence-corrected chi connectivity index (χ1v) is 6.64. The summed E-state index contributed by atoms with van der Waals surface area (Å²) >= 11 is 0. The van der Waals surface area contributed by atoms with E-state index in [-0.39, 0.29) is 12.2 Å².